The number of aromatic nitrogens is 2. The molecule has 0 aliphatic heterocycles. The van der Waals surface area contributed by atoms with Crippen LogP contribution in [0.3, 0.4) is 0 Å². The van der Waals surface area contributed by atoms with Crippen molar-refractivity contribution < 1.29 is 5.11 Å². The van der Waals surface area contributed by atoms with E-state index in [4.69, 9.17) is 0 Å². The van der Waals surface area contributed by atoms with Gasteiger partial charge in [0, 0.05) is 28.5 Å². The molecule has 3 nitrogen and oxygen atoms in total. The molecule has 0 spiro atoms. The molecular weight excluding hydrogens is 268 g/mol. The number of fused-ring (bicyclic) bond motifs is 1. The Labute approximate surface area is 122 Å². The van der Waals surface area contributed by atoms with Gasteiger partial charge in [-0.15, -0.1) is 11.3 Å². The zero-order valence-electron chi connectivity index (χ0n) is 11.7. The van der Waals surface area contributed by atoms with Gasteiger partial charge in [-0.1, -0.05) is 18.2 Å². The van der Waals surface area contributed by atoms with E-state index in [1.165, 1.54) is 10.1 Å². The molecular formula is C16H18N2OS. The summed E-state index contributed by atoms with van der Waals surface area (Å²) in [6.07, 6.45) is 3.31. The first-order valence-corrected chi connectivity index (χ1v) is 7.56. The second-order valence-electron chi connectivity index (χ2n) is 5.37. The van der Waals surface area contributed by atoms with Crippen molar-refractivity contribution in [1.29, 1.82) is 0 Å². The Morgan fingerprint density at radius 2 is 2.10 bits per heavy atom. The number of thiophene rings is 1. The Kier molecular flexibility index (Phi) is 3.36. The van der Waals surface area contributed by atoms with Gasteiger partial charge >= 0.3 is 0 Å². The molecule has 3 rings (SSSR count). The Morgan fingerprint density at radius 1 is 1.30 bits per heavy atom. The summed E-state index contributed by atoms with van der Waals surface area (Å²) >= 11 is 1.67. The number of rotatable bonds is 4. The predicted molar refractivity (Wildman–Crippen MR) is 82.9 cm³/mol. The van der Waals surface area contributed by atoms with Gasteiger partial charge in [0.05, 0.1) is 5.60 Å². The smallest absolute Gasteiger partial charge is 0.0964 e. The first kappa shape index (κ1) is 13.3. The van der Waals surface area contributed by atoms with E-state index in [2.05, 4.69) is 23.3 Å². The largest absolute Gasteiger partial charge is 0.385 e. The molecule has 0 saturated heterocycles. The van der Waals surface area contributed by atoms with E-state index in [1.54, 1.807) is 17.5 Å². The molecule has 1 atom stereocenters. The van der Waals surface area contributed by atoms with Crippen molar-refractivity contribution in [3.8, 4) is 0 Å². The van der Waals surface area contributed by atoms with E-state index in [0.717, 1.165) is 17.0 Å². The molecule has 4 heteroatoms. The fourth-order valence-electron chi connectivity index (χ4n) is 2.39. The number of hydrogen-bond donors (Lipinski definition) is 1. The molecule has 2 heterocycles. The Bertz CT molecular complexity index is 694. The average Bonchev–Trinajstić information content (AvgIpc) is 3.02. The number of aryl methyl sites for hydroxylation is 2. The van der Waals surface area contributed by atoms with Gasteiger partial charge in [-0.25, -0.2) is 0 Å². The number of hydrogen-bond acceptors (Lipinski definition) is 3. The minimum Gasteiger partial charge on any atom is -0.385 e. The summed E-state index contributed by atoms with van der Waals surface area (Å²) in [5, 5.41) is 16.1. The lowest BCUT2D eigenvalue weighted by Gasteiger charge is -2.21. The monoisotopic (exact) mass is 286 g/mol. The summed E-state index contributed by atoms with van der Waals surface area (Å²) in [5.74, 6) is 0. The van der Waals surface area contributed by atoms with E-state index in [0.29, 0.717) is 6.42 Å². The molecule has 0 fully saturated rings. The summed E-state index contributed by atoms with van der Waals surface area (Å²) < 4.78 is 3.09. The molecule has 1 aromatic carbocycles. The van der Waals surface area contributed by atoms with Gasteiger partial charge in [0.25, 0.3) is 0 Å². The van der Waals surface area contributed by atoms with Crippen LogP contribution in [0.5, 0.6) is 0 Å². The highest BCUT2D eigenvalue weighted by atomic mass is 32.1. The number of aliphatic hydroxyl groups is 1. The molecule has 0 aliphatic rings. The van der Waals surface area contributed by atoms with Gasteiger partial charge in [-0.2, -0.15) is 5.10 Å². The fourth-order valence-corrected chi connectivity index (χ4v) is 3.52. The maximum Gasteiger partial charge on any atom is 0.0964 e. The van der Waals surface area contributed by atoms with Crippen LogP contribution < -0.4 is 0 Å². The molecule has 1 unspecified atom stereocenters. The van der Waals surface area contributed by atoms with E-state index >= 15 is 0 Å². The zero-order valence-corrected chi connectivity index (χ0v) is 12.5. The third-order valence-corrected chi connectivity index (χ3v) is 5.12. The lowest BCUT2D eigenvalue weighted by Crippen LogP contribution is -2.21. The molecule has 3 aromatic rings. The second kappa shape index (κ2) is 5.04. The Morgan fingerprint density at radius 3 is 2.80 bits per heavy atom. The van der Waals surface area contributed by atoms with Crippen molar-refractivity contribution in [3.63, 3.8) is 0 Å². The third kappa shape index (κ3) is 2.49. The van der Waals surface area contributed by atoms with Crippen molar-refractivity contribution in [2.45, 2.75) is 25.4 Å². The van der Waals surface area contributed by atoms with Gasteiger partial charge in [-0.3, -0.25) is 4.68 Å². The minimum atomic E-state index is -0.798. The van der Waals surface area contributed by atoms with Crippen molar-refractivity contribution in [3.05, 3.63) is 53.2 Å². The van der Waals surface area contributed by atoms with Crippen LogP contribution in [0.2, 0.25) is 0 Å². The highest BCUT2D eigenvalue weighted by Gasteiger charge is 2.25. The van der Waals surface area contributed by atoms with Crippen LogP contribution in [0, 0.1) is 0 Å². The van der Waals surface area contributed by atoms with Crippen LogP contribution in [-0.2, 0) is 19.1 Å². The number of nitrogens with zero attached hydrogens (tertiary/aromatic N) is 2. The maximum absolute atomic E-state index is 10.8. The summed E-state index contributed by atoms with van der Waals surface area (Å²) in [4.78, 5) is 1.03. The average molecular weight is 286 g/mol. The molecule has 0 amide bonds. The van der Waals surface area contributed by atoms with E-state index in [-0.39, 0.29) is 0 Å². The molecule has 2 aromatic heterocycles. The standard InChI is InChI=1S/C16H18N2OS/c1-16(19,9-7-13-8-10-17-18(13)2)15-11-12-5-3-4-6-14(12)20-15/h3-6,8,10-11,19H,7,9H2,1-2H3. The summed E-state index contributed by atoms with van der Waals surface area (Å²) in [7, 11) is 1.93. The highest BCUT2D eigenvalue weighted by Crippen LogP contribution is 2.35. The van der Waals surface area contributed by atoms with E-state index < -0.39 is 5.60 Å². The van der Waals surface area contributed by atoms with Crippen molar-refractivity contribution >= 4 is 21.4 Å². The minimum absolute atomic E-state index is 0.694. The topological polar surface area (TPSA) is 38.0 Å². The molecule has 0 aliphatic carbocycles. The first-order chi connectivity index (χ1) is 9.56. The maximum atomic E-state index is 10.8. The van der Waals surface area contributed by atoms with Crippen LogP contribution in [-0.4, -0.2) is 14.9 Å². The van der Waals surface area contributed by atoms with Crippen LogP contribution in [0.1, 0.15) is 23.9 Å². The lowest BCUT2D eigenvalue weighted by molar-refractivity contribution is 0.0514. The lowest BCUT2D eigenvalue weighted by atomic mass is 9.97. The molecule has 0 saturated carbocycles. The van der Waals surface area contributed by atoms with Gasteiger partial charge in [-0.05, 0) is 43.4 Å². The summed E-state index contributed by atoms with van der Waals surface area (Å²) in [6.45, 7) is 1.90. The second-order valence-corrected chi connectivity index (χ2v) is 6.45. The third-order valence-electron chi connectivity index (χ3n) is 3.75. The zero-order chi connectivity index (χ0) is 14.2. The quantitative estimate of drug-likeness (QED) is 0.797. The van der Waals surface area contributed by atoms with Crippen LogP contribution >= 0.6 is 11.3 Å². The molecule has 1 N–H and O–H groups in total. The molecule has 0 radical (unpaired) electrons. The highest BCUT2D eigenvalue weighted by molar-refractivity contribution is 7.19. The van der Waals surface area contributed by atoms with Crippen LogP contribution in [0.15, 0.2) is 42.6 Å². The van der Waals surface area contributed by atoms with Crippen LogP contribution in [0.25, 0.3) is 10.1 Å². The van der Waals surface area contributed by atoms with Crippen molar-refractivity contribution in [1.82, 2.24) is 9.78 Å². The van der Waals surface area contributed by atoms with Crippen molar-refractivity contribution in [2.24, 2.45) is 7.05 Å². The first-order valence-electron chi connectivity index (χ1n) is 6.74. The fraction of sp³-hybridized carbons (Fsp3) is 0.312. The van der Waals surface area contributed by atoms with Crippen LogP contribution in [0.4, 0.5) is 0 Å². The normalized spacial score (nSPS) is 14.6. The molecule has 104 valence electrons. The van der Waals surface area contributed by atoms with Gasteiger partial charge in [0.1, 0.15) is 0 Å². The number of benzene rings is 1. The Balaban J connectivity index is 1.82. The summed E-state index contributed by atoms with van der Waals surface area (Å²) in [5.41, 5.74) is 0.347. The Hall–Kier alpha value is -1.65. The van der Waals surface area contributed by atoms with Crippen molar-refractivity contribution in [2.75, 3.05) is 0 Å². The SMILES string of the molecule is Cn1nccc1CCC(C)(O)c1cc2ccccc2s1. The van der Waals surface area contributed by atoms with Gasteiger partial charge in [0.2, 0.25) is 0 Å². The van der Waals surface area contributed by atoms with Gasteiger partial charge in [0.15, 0.2) is 0 Å². The molecule has 20 heavy (non-hydrogen) atoms. The van der Waals surface area contributed by atoms with E-state index in [1.807, 2.05) is 36.9 Å². The van der Waals surface area contributed by atoms with E-state index in [9.17, 15) is 5.11 Å². The predicted octanol–water partition coefficient (Wildman–Crippen LogP) is 3.48. The summed E-state index contributed by atoms with van der Waals surface area (Å²) in [6, 6.07) is 12.4. The van der Waals surface area contributed by atoms with Gasteiger partial charge < -0.3 is 5.11 Å². The molecule has 0 bridgehead atoms.